The Morgan fingerprint density at radius 2 is 1.70 bits per heavy atom. The van der Waals surface area contributed by atoms with E-state index in [0.717, 1.165) is 25.3 Å². The molecule has 0 saturated carbocycles. The lowest BCUT2D eigenvalue weighted by molar-refractivity contribution is -0.230. The Labute approximate surface area is 254 Å². The number of ether oxygens (including phenoxy) is 5. The zero-order valence-electron chi connectivity index (χ0n) is 24.9. The van der Waals surface area contributed by atoms with Crippen molar-refractivity contribution in [1.29, 1.82) is 5.26 Å². The number of benzene rings is 1. The molecule has 2 aliphatic rings. The summed E-state index contributed by atoms with van der Waals surface area (Å²) in [6, 6.07) is 11.3. The molecule has 1 aromatic heterocycles. The number of carbonyl (C=O) groups excluding carboxylic acids is 4. The average molecular weight is 612 g/mol. The molecule has 5 atom stereocenters. The van der Waals surface area contributed by atoms with Crippen LogP contribution in [0.4, 0.5) is 5.69 Å². The SMILES string of the molecule is COC(=O)[C@H]1O[C@@H](N2C(=S)OC(C)(C)c3cc(-c4ccc(C#N)n4C)ccc32)[C@H](CC(C)=O)[C@@H](OC(C)=O)[C@@H]1OC(C)=O. The first-order chi connectivity index (χ1) is 20.2. The molecule has 0 amide bonds. The normalized spacial score (nSPS) is 24.2. The number of anilines is 1. The monoisotopic (exact) mass is 611 g/mol. The topological polar surface area (TPSA) is 146 Å². The molecular formula is C30H33N3O9S. The number of nitriles is 1. The highest BCUT2D eigenvalue weighted by molar-refractivity contribution is 7.80. The Morgan fingerprint density at radius 1 is 1.05 bits per heavy atom. The summed E-state index contributed by atoms with van der Waals surface area (Å²) in [5, 5.41) is 9.42. The van der Waals surface area contributed by atoms with Crippen LogP contribution in [-0.2, 0) is 55.5 Å². The summed E-state index contributed by atoms with van der Waals surface area (Å²) < 4.78 is 30.3. The summed E-state index contributed by atoms with van der Waals surface area (Å²) in [6.07, 6.45) is -5.57. The van der Waals surface area contributed by atoms with E-state index in [1.54, 1.807) is 23.7 Å². The molecule has 2 aromatic rings. The highest BCUT2D eigenvalue weighted by Gasteiger charge is 2.56. The lowest BCUT2D eigenvalue weighted by Crippen LogP contribution is -2.65. The Kier molecular flexibility index (Phi) is 8.94. The first kappa shape index (κ1) is 31.7. The molecule has 13 heteroatoms. The summed E-state index contributed by atoms with van der Waals surface area (Å²) in [7, 11) is 2.93. The minimum Gasteiger partial charge on any atom is -0.467 e. The van der Waals surface area contributed by atoms with Gasteiger partial charge in [-0.25, -0.2) is 4.79 Å². The van der Waals surface area contributed by atoms with Crippen molar-refractivity contribution in [2.45, 2.75) is 71.2 Å². The molecule has 1 aromatic carbocycles. The molecule has 0 aliphatic carbocycles. The number of rotatable bonds is 7. The number of hydrogen-bond acceptors (Lipinski definition) is 11. The Balaban J connectivity index is 1.90. The first-order valence-electron chi connectivity index (χ1n) is 13.5. The van der Waals surface area contributed by atoms with Crippen LogP contribution in [0.15, 0.2) is 30.3 Å². The number of hydrogen-bond donors (Lipinski definition) is 0. The zero-order chi connectivity index (χ0) is 31.8. The molecule has 2 aliphatic heterocycles. The van der Waals surface area contributed by atoms with E-state index >= 15 is 0 Å². The first-order valence-corrected chi connectivity index (χ1v) is 13.9. The van der Waals surface area contributed by atoms with Crippen LogP contribution >= 0.6 is 12.2 Å². The van der Waals surface area contributed by atoms with Crippen LogP contribution in [0.25, 0.3) is 11.3 Å². The van der Waals surface area contributed by atoms with Gasteiger partial charge in [-0.15, -0.1) is 0 Å². The lowest BCUT2D eigenvalue weighted by Gasteiger charge is -2.50. The second-order valence-corrected chi connectivity index (χ2v) is 11.3. The molecule has 0 unspecified atom stereocenters. The van der Waals surface area contributed by atoms with E-state index in [1.807, 2.05) is 32.0 Å². The van der Waals surface area contributed by atoms with E-state index in [0.29, 0.717) is 16.9 Å². The van der Waals surface area contributed by atoms with E-state index in [4.69, 9.17) is 35.9 Å². The van der Waals surface area contributed by atoms with Crippen LogP contribution in [0, 0.1) is 17.2 Å². The van der Waals surface area contributed by atoms with E-state index in [-0.39, 0.29) is 17.4 Å². The van der Waals surface area contributed by atoms with Gasteiger partial charge in [0.15, 0.2) is 12.2 Å². The number of ketones is 1. The molecule has 0 spiro atoms. The quantitative estimate of drug-likeness (QED) is 0.257. The second kappa shape index (κ2) is 12.1. The molecule has 43 heavy (non-hydrogen) atoms. The predicted octanol–water partition coefficient (Wildman–Crippen LogP) is 3.28. The van der Waals surface area contributed by atoms with Crippen molar-refractivity contribution in [2.75, 3.05) is 12.0 Å². The van der Waals surface area contributed by atoms with Crippen molar-refractivity contribution in [3.63, 3.8) is 0 Å². The van der Waals surface area contributed by atoms with Gasteiger partial charge in [0.2, 0.25) is 0 Å². The van der Waals surface area contributed by atoms with Crippen molar-refractivity contribution < 1.29 is 42.9 Å². The van der Waals surface area contributed by atoms with Gasteiger partial charge < -0.3 is 33.0 Å². The molecule has 4 rings (SSSR count). The molecule has 1 fully saturated rings. The highest BCUT2D eigenvalue weighted by atomic mass is 32.1. The van der Waals surface area contributed by atoms with Gasteiger partial charge in [-0.3, -0.25) is 14.5 Å². The largest absolute Gasteiger partial charge is 0.467 e. The summed E-state index contributed by atoms with van der Waals surface area (Å²) in [5.41, 5.74) is 2.44. The van der Waals surface area contributed by atoms with Gasteiger partial charge in [-0.2, -0.15) is 5.26 Å². The number of thiocarbonyl (C=S) groups is 1. The fourth-order valence-corrected chi connectivity index (χ4v) is 6.05. The minimum atomic E-state index is -1.53. The van der Waals surface area contributed by atoms with E-state index < -0.39 is 54.0 Å². The molecular weight excluding hydrogens is 578 g/mol. The van der Waals surface area contributed by atoms with Crippen LogP contribution in [0.3, 0.4) is 0 Å². The lowest BCUT2D eigenvalue weighted by atomic mass is 9.84. The highest BCUT2D eigenvalue weighted by Crippen LogP contribution is 2.45. The number of esters is 3. The van der Waals surface area contributed by atoms with Crippen molar-refractivity contribution in [2.24, 2.45) is 13.0 Å². The molecule has 1 saturated heterocycles. The van der Waals surface area contributed by atoms with Crippen LogP contribution in [0.5, 0.6) is 0 Å². The Bertz CT molecular complexity index is 1520. The third kappa shape index (κ3) is 6.11. The number of Topliss-reactive ketones (excluding diaryl/α,β-unsaturated/α-hetero) is 1. The summed E-state index contributed by atoms with van der Waals surface area (Å²) in [4.78, 5) is 51.4. The zero-order valence-corrected chi connectivity index (χ0v) is 25.7. The Morgan fingerprint density at radius 3 is 2.26 bits per heavy atom. The average Bonchev–Trinajstić information content (AvgIpc) is 3.29. The maximum atomic E-state index is 13.0. The van der Waals surface area contributed by atoms with Gasteiger partial charge in [0.05, 0.1) is 18.7 Å². The smallest absolute Gasteiger partial charge is 0.339 e. The molecule has 3 heterocycles. The number of methoxy groups -OCH3 is 1. The Hall–Kier alpha value is -4.28. The van der Waals surface area contributed by atoms with Crippen LogP contribution in [-0.4, -0.2) is 65.1 Å². The van der Waals surface area contributed by atoms with E-state index in [1.165, 1.54) is 18.7 Å². The third-order valence-corrected chi connectivity index (χ3v) is 7.77. The standard InChI is InChI=1S/C30H33N3O9S/c1-15(34)12-20-24(39-16(2)35)25(40-17(3)36)26(28(37)38-7)41-27(20)33-23-10-8-18(22-11-9-19(14-31)32(22)6)13-21(23)30(4,5)42-29(33)43/h8-11,13,20,24-27H,12H2,1-7H3/t20-,24-,25+,26+,27-/m1/s1. The minimum absolute atomic E-state index is 0.00874. The fraction of sp³-hybridized carbons (Fsp3) is 0.467. The van der Waals surface area contributed by atoms with Gasteiger partial charge in [-0.05, 0) is 62.8 Å². The van der Waals surface area contributed by atoms with Crippen LogP contribution in [0.2, 0.25) is 0 Å². The number of nitrogens with zero attached hydrogens (tertiary/aromatic N) is 3. The van der Waals surface area contributed by atoms with E-state index in [9.17, 15) is 24.4 Å². The van der Waals surface area contributed by atoms with Gasteiger partial charge in [0.1, 0.15) is 35.5 Å². The van der Waals surface area contributed by atoms with Gasteiger partial charge in [0, 0.05) is 38.6 Å². The fourth-order valence-electron chi connectivity index (χ4n) is 5.64. The van der Waals surface area contributed by atoms with Crippen molar-refractivity contribution >= 4 is 46.8 Å². The van der Waals surface area contributed by atoms with Crippen LogP contribution in [0.1, 0.15) is 52.3 Å². The molecule has 12 nitrogen and oxygen atoms in total. The van der Waals surface area contributed by atoms with Crippen LogP contribution < -0.4 is 4.90 Å². The maximum Gasteiger partial charge on any atom is 0.339 e. The molecule has 0 radical (unpaired) electrons. The maximum absolute atomic E-state index is 13.0. The summed E-state index contributed by atoms with van der Waals surface area (Å²) >= 11 is 5.71. The third-order valence-electron chi connectivity index (χ3n) is 7.49. The number of fused-ring (bicyclic) bond motifs is 1. The molecule has 228 valence electrons. The summed E-state index contributed by atoms with van der Waals surface area (Å²) in [6.45, 7) is 7.35. The van der Waals surface area contributed by atoms with Crippen molar-refractivity contribution in [1.82, 2.24) is 4.57 Å². The van der Waals surface area contributed by atoms with Gasteiger partial charge >= 0.3 is 17.9 Å². The summed E-state index contributed by atoms with van der Waals surface area (Å²) in [5.74, 6) is -3.58. The molecule has 0 bridgehead atoms. The van der Waals surface area contributed by atoms with Crippen molar-refractivity contribution in [3.8, 4) is 17.3 Å². The number of carbonyl (C=O) groups is 4. The van der Waals surface area contributed by atoms with Gasteiger partial charge in [0.25, 0.3) is 5.17 Å². The number of aromatic nitrogens is 1. The van der Waals surface area contributed by atoms with E-state index in [2.05, 4.69) is 6.07 Å². The van der Waals surface area contributed by atoms with Gasteiger partial charge in [-0.1, -0.05) is 6.07 Å². The molecule has 0 N–H and O–H groups in total. The van der Waals surface area contributed by atoms with Crippen molar-refractivity contribution in [3.05, 3.63) is 41.6 Å². The second-order valence-electron chi connectivity index (χ2n) is 10.9. The predicted molar refractivity (Wildman–Crippen MR) is 155 cm³/mol.